The number of rotatable bonds is 28. The minimum absolute atomic E-state index is 0.189. The molecule has 0 spiro atoms. The Labute approximate surface area is 235 Å². The fourth-order valence-corrected chi connectivity index (χ4v) is 4.66. The van der Waals surface area contributed by atoms with Crippen LogP contribution >= 0.6 is 7.82 Å². The molecule has 0 saturated heterocycles. The number of phosphoric acid groups is 1. The Morgan fingerprint density at radius 1 is 0.667 bits per heavy atom. The van der Waals surface area contributed by atoms with Gasteiger partial charge in [-0.2, -0.15) is 0 Å². The lowest BCUT2D eigenvalue weighted by Crippen LogP contribution is -2.29. The lowest BCUT2D eigenvalue weighted by molar-refractivity contribution is -0.161. The van der Waals surface area contributed by atoms with E-state index in [1.807, 2.05) is 0 Å². The fourth-order valence-electron chi connectivity index (χ4n) is 3.87. The van der Waals surface area contributed by atoms with Crippen molar-refractivity contribution in [3.63, 3.8) is 0 Å². The summed E-state index contributed by atoms with van der Waals surface area (Å²) in [5.74, 6) is -0.938. The minimum atomic E-state index is -4.58. The van der Waals surface area contributed by atoms with Crippen LogP contribution in [0.4, 0.5) is 0 Å². The molecule has 232 valence electrons. The molecule has 39 heavy (non-hydrogen) atoms. The van der Waals surface area contributed by atoms with Gasteiger partial charge in [0.15, 0.2) is 6.10 Å². The third-order valence-electron chi connectivity index (χ3n) is 6.26. The van der Waals surface area contributed by atoms with Crippen molar-refractivity contribution in [2.24, 2.45) is 0 Å². The number of hydrogen-bond donors (Lipinski definition) is 3. The summed E-state index contributed by atoms with van der Waals surface area (Å²) in [6.07, 6.45) is 15.6. The third-order valence-corrected chi connectivity index (χ3v) is 7.21. The van der Waals surface area contributed by atoms with Crippen LogP contribution < -0.4 is 0 Å². The molecule has 0 aromatic heterocycles. The first-order chi connectivity index (χ1) is 18.7. The summed E-state index contributed by atoms with van der Waals surface area (Å²) in [4.78, 5) is 34.2. The highest BCUT2D eigenvalue weighted by atomic mass is 31.2. The summed E-state index contributed by atoms with van der Waals surface area (Å²) in [5.41, 5.74) is 0. The number of unbranched alkanes of at least 4 members (excludes halogenated alkanes) is 14. The lowest BCUT2D eigenvalue weighted by atomic mass is 10.1. The molecular formula is C28H55O10P. The van der Waals surface area contributed by atoms with Gasteiger partial charge in [0.05, 0.1) is 19.8 Å². The Morgan fingerprint density at radius 3 is 1.59 bits per heavy atom. The molecule has 0 radical (unpaired) electrons. The number of carbonyl (C=O) groups is 2. The van der Waals surface area contributed by atoms with Crippen LogP contribution in [0, 0.1) is 0 Å². The normalized spacial score (nSPS) is 14.5. The van der Waals surface area contributed by atoms with Gasteiger partial charge < -0.3 is 24.6 Å². The molecule has 3 atom stereocenters. The highest BCUT2D eigenvalue weighted by Gasteiger charge is 2.27. The van der Waals surface area contributed by atoms with E-state index in [0.717, 1.165) is 44.9 Å². The quantitative estimate of drug-likeness (QED) is 0.0570. The standard InChI is InChI=1S/C28H55O10P/c1-3-5-7-9-10-11-12-13-14-16-18-20-28(32)38-26(23-35-27(31)19-17-15-8-6-4-2)24-37-39(33,34)36-22-25(30)21-29/h25-26,29-30H,3-24H2,1-2H3,(H,33,34)/t25-,26+/m0/s1. The topological polar surface area (TPSA) is 149 Å². The molecule has 0 aromatic carbocycles. The van der Waals surface area contributed by atoms with Crippen molar-refractivity contribution in [2.45, 2.75) is 142 Å². The van der Waals surface area contributed by atoms with Gasteiger partial charge in [0.2, 0.25) is 0 Å². The van der Waals surface area contributed by atoms with Gasteiger partial charge in [0, 0.05) is 12.8 Å². The van der Waals surface area contributed by atoms with Gasteiger partial charge in [-0.15, -0.1) is 0 Å². The van der Waals surface area contributed by atoms with E-state index in [-0.39, 0.29) is 19.4 Å². The van der Waals surface area contributed by atoms with E-state index >= 15 is 0 Å². The van der Waals surface area contributed by atoms with Crippen LogP contribution in [0.25, 0.3) is 0 Å². The van der Waals surface area contributed by atoms with Crippen molar-refractivity contribution >= 4 is 19.8 Å². The molecule has 10 nitrogen and oxygen atoms in total. The summed E-state index contributed by atoms with van der Waals surface area (Å²) in [6.45, 7) is 2.23. The predicted octanol–water partition coefficient (Wildman–Crippen LogP) is 5.99. The number of aliphatic hydroxyl groups is 2. The van der Waals surface area contributed by atoms with Crippen molar-refractivity contribution in [1.82, 2.24) is 0 Å². The molecule has 11 heteroatoms. The van der Waals surface area contributed by atoms with Crippen LogP contribution in [0.1, 0.15) is 129 Å². The summed E-state index contributed by atoms with van der Waals surface area (Å²) in [7, 11) is -4.58. The average molecular weight is 583 g/mol. The van der Waals surface area contributed by atoms with E-state index < -0.39 is 51.8 Å². The molecule has 1 unspecified atom stereocenters. The van der Waals surface area contributed by atoms with Crippen molar-refractivity contribution in [1.29, 1.82) is 0 Å². The first kappa shape index (κ1) is 38.0. The number of esters is 2. The summed E-state index contributed by atoms with van der Waals surface area (Å²) < 4.78 is 32.1. The summed E-state index contributed by atoms with van der Waals surface area (Å²) in [5, 5.41) is 18.1. The van der Waals surface area contributed by atoms with E-state index in [1.54, 1.807) is 0 Å². The Morgan fingerprint density at radius 2 is 1.10 bits per heavy atom. The van der Waals surface area contributed by atoms with Gasteiger partial charge in [-0.05, 0) is 12.8 Å². The predicted molar refractivity (Wildman–Crippen MR) is 150 cm³/mol. The van der Waals surface area contributed by atoms with E-state index in [4.69, 9.17) is 19.1 Å². The summed E-state index contributed by atoms with van der Waals surface area (Å²) in [6, 6.07) is 0. The van der Waals surface area contributed by atoms with Crippen molar-refractivity contribution in [3.8, 4) is 0 Å². The monoisotopic (exact) mass is 582 g/mol. The molecule has 0 heterocycles. The maximum atomic E-state index is 12.4. The van der Waals surface area contributed by atoms with E-state index in [2.05, 4.69) is 18.4 Å². The number of carbonyl (C=O) groups excluding carboxylic acids is 2. The van der Waals surface area contributed by atoms with Crippen molar-refractivity contribution in [2.75, 3.05) is 26.4 Å². The molecular weight excluding hydrogens is 527 g/mol. The van der Waals surface area contributed by atoms with Crippen LogP contribution in [0.5, 0.6) is 0 Å². The molecule has 0 fully saturated rings. The smallest absolute Gasteiger partial charge is 0.462 e. The maximum absolute atomic E-state index is 12.4. The Bertz CT molecular complexity index is 646. The van der Waals surface area contributed by atoms with Gasteiger partial charge in [-0.25, -0.2) is 4.57 Å². The zero-order valence-corrected chi connectivity index (χ0v) is 25.3. The molecule has 0 aliphatic rings. The second kappa shape index (κ2) is 25.9. The molecule has 0 amide bonds. The Hall–Kier alpha value is -1.03. The Balaban J connectivity index is 4.44. The van der Waals surface area contributed by atoms with E-state index in [1.165, 1.54) is 44.9 Å². The van der Waals surface area contributed by atoms with Crippen LogP contribution in [0.3, 0.4) is 0 Å². The first-order valence-electron chi connectivity index (χ1n) is 15.0. The van der Waals surface area contributed by atoms with Crippen LogP contribution in [-0.4, -0.2) is 65.7 Å². The maximum Gasteiger partial charge on any atom is 0.472 e. The first-order valence-corrected chi connectivity index (χ1v) is 16.5. The minimum Gasteiger partial charge on any atom is -0.462 e. The van der Waals surface area contributed by atoms with Crippen LogP contribution in [-0.2, 0) is 32.7 Å². The zero-order chi connectivity index (χ0) is 29.2. The number of phosphoric ester groups is 1. The highest BCUT2D eigenvalue weighted by Crippen LogP contribution is 2.43. The van der Waals surface area contributed by atoms with Gasteiger partial charge in [0.25, 0.3) is 0 Å². The SMILES string of the molecule is CCCCCCCCCCCCCC(=O)O[C@H](COC(=O)CCCCCCC)COP(=O)(O)OC[C@@H](O)CO. The van der Waals surface area contributed by atoms with Crippen molar-refractivity contribution in [3.05, 3.63) is 0 Å². The molecule has 3 N–H and O–H groups in total. The number of ether oxygens (including phenoxy) is 2. The zero-order valence-electron chi connectivity index (χ0n) is 24.4. The molecule has 0 aliphatic heterocycles. The fraction of sp³-hybridized carbons (Fsp3) is 0.929. The molecule has 0 aromatic rings. The second-order valence-corrected chi connectivity index (χ2v) is 11.6. The lowest BCUT2D eigenvalue weighted by Gasteiger charge is -2.20. The molecule has 0 bridgehead atoms. The van der Waals surface area contributed by atoms with Crippen molar-refractivity contribution < 1.29 is 47.8 Å². The van der Waals surface area contributed by atoms with Gasteiger partial charge in [-0.3, -0.25) is 18.6 Å². The van der Waals surface area contributed by atoms with E-state index in [9.17, 15) is 24.2 Å². The Kier molecular flexibility index (Phi) is 25.2. The number of hydrogen-bond acceptors (Lipinski definition) is 9. The summed E-state index contributed by atoms with van der Waals surface area (Å²) >= 11 is 0. The van der Waals surface area contributed by atoms with Gasteiger partial charge in [0.1, 0.15) is 12.7 Å². The van der Waals surface area contributed by atoms with E-state index in [0.29, 0.717) is 12.8 Å². The second-order valence-electron chi connectivity index (χ2n) is 10.1. The van der Waals surface area contributed by atoms with Crippen LogP contribution in [0.15, 0.2) is 0 Å². The van der Waals surface area contributed by atoms with Crippen LogP contribution in [0.2, 0.25) is 0 Å². The number of aliphatic hydroxyl groups excluding tert-OH is 2. The van der Waals surface area contributed by atoms with Gasteiger partial charge >= 0.3 is 19.8 Å². The highest BCUT2D eigenvalue weighted by molar-refractivity contribution is 7.47. The largest absolute Gasteiger partial charge is 0.472 e. The molecule has 0 rings (SSSR count). The molecule has 0 aliphatic carbocycles. The molecule has 0 saturated carbocycles. The van der Waals surface area contributed by atoms with Gasteiger partial charge in [-0.1, -0.05) is 104 Å². The third kappa shape index (κ3) is 25.7. The average Bonchev–Trinajstić information content (AvgIpc) is 2.91.